The molecule has 17 heavy (non-hydrogen) atoms. The van der Waals surface area contributed by atoms with E-state index in [0.717, 1.165) is 12.1 Å². The van der Waals surface area contributed by atoms with Crippen LogP contribution in [0.2, 0.25) is 0 Å². The summed E-state index contributed by atoms with van der Waals surface area (Å²) in [7, 11) is 1.40. The molecule has 0 amide bonds. The Balaban J connectivity index is 2.09. The van der Waals surface area contributed by atoms with E-state index >= 15 is 0 Å². The summed E-state index contributed by atoms with van der Waals surface area (Å²) in [5.74, 6) is -0.396. The third-order valence-electron chi connectivity index (χ3n) is 3.21. The van der Waals surface area contributed by atoms with Crippen molar-refractivity contribution in [1.29, 1.82) is 0 Å². The van der Waals surface area contributed by atoms with Gasteiger partial charge in [-0.1, -0.05) is 12.1 Å². The third-order valence-corrected chi connectivity index (χ3v) is 3.21. The minimum Gasteiger partial charge on any atom is -0.469 e. The molecule has 2 rings (SSSR count). The highest BCUT2D eigenvalue weighted by molar-refractivity contribution is 5.72. The molecule has 4 heteroatoms. The van der Waals surface area contributed by atoms with Crippen LogP contribution in [0.5, 0.6) is 0 Å². The largest absolute Gasteiger partial charge is 0.469 e. The van der Waals surface area contributed by atoms with Crippen LogP contribution < -0.4 is 5.32 Å². The molecule has 1 saturated heterocycles. The summed E-state index contributed by atoms with van der Waals surface area (Å²) >= 11 is 0. The zero-order chi connectivity index (χ0) is 12.3. The smallest absolute Gasteiger partial charge is 0.309 e. The Morgan fingerprint density at radius 3 is 3.00 bits per heavy atom. The molecular weight excluding hydrogens is 221 g/mol. The molecule has 3 nitrogen and oxygen atoms in total. The third kappa shape index (κ3) is 2.82. The van der Waals surface area contributed by atoms with Crippen molar-refractivity contribution in [1.82, 2.24) is 5.32 Å². The summed E-state index contributed by atoms with van der Waals surface area (Å²) in [5.41, 5.74) is 0.936. The molecule has 1 aliphatic heterocycles. The van der Waals surface area contributed by atoms with Gasteiger partial charge in [0, 0.05) is 13.1 Å². The van der Waals surface area contributed by atoms with Crippen molar-refractivity contribution in [2.75, 3.05) is 20.2 Å². The number of carbonyl (C=O) groups is 1. The minimum atomic E-state index is -0.234. The van der Waals surface area contributed by atoms with Crippen LogP contribution >= 0.6 is 0 Å². The normalized spacial score (nSPS) is 24.4. The number of hydrogen-bond donors (Lipinski definition) is 1. The van der Waals surface area contributed by atoms with E-state index in [1.165, 1.54) is 19.2 Å². The number of methoxy groups -OCH3 is 1. The number of ether oxygens (including phenoxy) is 1. The summed E-state index contributed by atoms with van der Waals surface area (Å²) in [4.78, 5) is 11.5. The zero-order valence-electron chi connectivity index (χ0n) is 9.78. The molecule has 2 atom stereocenters. The van der Waals surface area contributed by atoms with Gasteiger partial charge in [0.2, 0.25) is 0 Å². The molecule has 1 aromatic carbocycles. The van der Waals surface area contributed by atoms with E-state index in [1.807, 2.05) is 6.07 Å². The number of piperidine rings is 1. The summed E-state index contributed by atoms with van der Waals surface area (Å²) in [6, 6.07) is 6.56. The molecule has 1 aliphatic rings. The van der Waals surface area contributed by atoms with E-state index in [4.69, 9.17) is 4.74 Å². The maximum Gasteiger partial charge on any atom is 0.309 e. The van der Waals surface area contributed by atoms with Crippen molar-refractivity contribution in [3.63, 3.8) is 0 Å². The van der Waals surface area contributed by atoms with Crippen LogP contribution in [0.4, 0.5) is 4.39 Å². The lowest BCUT2D eigenvalue weighted by Gasteiger charge is -2.28. The number of halogens is 1. The fourth-order valence-electron chi connectivity index (χ4n) is 2.30. The molecule has 0 spiro atoms. The number of hydrogen-bond acceptors (Lipinski definition) is 3. The molecule has 1 heterocycles. The first-order valence-electron chi connectivity index (χ1n) is 5.74. The lowest BCUT2D eigenvalue weighted by Crippen LogP contribution is -2.39. The van der Waals surface area contributed by atoms with Crippen molar-refractivity contribution in [3.05, 3.63) is 35.6 Å². The summed E-state index contributed by atoms with van der Waals surface area (Å²) in [6.45, 7) is 1.41. The number of nitrogens with one attached hydrogen (secondary N) is 1. The highest BCUT2D eigenvalue weighted by Crippen LogP contribution is 2.27. The highest BCUT2D eigenvalue weighted by Gasteiger charge is 2.28. The highest BCUT2D eigenvalue weighted by atomic mass is 19.1. The van der Waals surface area contributed by atoms with Crippen LogP contribution in [0.25, 0.3) is 0 Å². The summed E-state index contributed by atoms with van der Waals surface area (Å²) < 4.78 is 17.9. The SMILES string of the molecule is COC(=O)C1CNCC(c2cccc(F)c2)C1. The Hall–Kier alpha value is -1.42. The topological polar surface area (TPSA) is 38.3 Å². The standard InChI is InChI=1S/C13H16FNO2/c1-17-13(16)11-5-10(7-15-8-11)9-3-2-4-12(14)6-9/h2-4,6,10-11,15H,5,7-8H2,1H3. The molecule has 2 unspecified atom stereocenters. The van der Waals surface area contributed by atoms with Gasteiger partial charge in [-0.3, -0.25) is 4.79 Å². The van der Waals surface area contributed by atoms with Crippen LogP contribution in [-0.2, 0) is 9.53 Å². The molecular formula is C13H16FNO2. The van der Waals surface area contributed by atoms with Crippen LogP contribution in [0.3, 0.4) is 0 Å². The molecule has 0 aliphatic carbocycles. The van der Waals surface area contributed by atoms with Crippen LogP contribution in [-0.4, -0.2) is 26.2 Å². The Morgan fingerprint density at radius 2 is 2.29 bits per heavy atom. The van der Waals surface area contributed by atoms with Crippen molar-refractivity contribution in [2.45, 2.75) is 12.3 Å². The molecule has 1 fully saturated rings. The molecule has 0 radical (unpaired) electrons. The number of esters is 1. The average molecular weight is 237 g/mol. The zero-order valence-corrected chi connectivity index (χ0v) is 9.78. The van der Waals surface area contributed by atoms with Gasteiger partial charge in [-0.2, -0.15) is 0 Å². The van der Waals surface area contributed by atoms with Gasteiger partial charge in [0.15, 0.2) is 0 Å². The molecule has 0 aromatic heterocycles. The average Bonchev–Trinajstić information content (AvgIpc) is 2.38. The maximum absolute atomic E-state index is 13.1. The Labute approximate surface area is 100.0 Å². The fourth-order valence-corrected chi connectivity index (χ4v) is 2.30. The van der Waals surface area contributed by atoms with Crippen LogP contribution in [0.1, 0.15) is 17.9 Å². The van der Waals surface area contributed by atoms with Gasteiger partial charge in [0.05, 0.1) is 13.0 Å². The Morgan fingerprint density at radius 1 is 1.47 bits per heavy atom. The van der Waals surface area contributed by atoms with E-state index in [2.05, 4.69) is 5.32 Å². The molecule has 1 aromatic rings. The second-order valence-electron chi connectivity index (χ2n) is 4.37. The predicted octanol–water partition coefficient (Wildman–Crippen LogP) is 1.69. The van der Waals surface area contributed by atoms with E-state index in [9.17, 15) is 9.18 Å². The molecule has 0 bridgehead atoms. The van der Waals surface area contributed by atoms with Gasteiger partial charge in [-0.05, 0) is 30.0 Å². The predicted molar refractivity (Wildman–Crippen MR) is 62.1 cm³/mol. The van der Waals surface area contributed by atoms with Gasteiger partial charge >= 0.3 is 5.97 Å². The second kappa shape index (κ2) is 5.27. The number of carbonyl (C=O) groups excluding carboxylic acids is 1. The fraction of sp³-hybridized carbons (Fsp3) is 0.462. The monoisotopic (exact) mass is 237 g/mol. The summed E-state index contributed by atoms with van der Waals surface area (Å²) in [6.07, 6.45) is 0.711. The quantitative estimate of drug-likeness (QED) is 0.795. The minimum absolute atomic E-state index is 0.137. The molecule has 1 N–H and O–H groups in total. The first-order valence-corrected chi connectivity index (χ1v) is 5.74. The van der Waals surface area contributed by atoms with Gasteiger partial charge in [0.25, 0.3) is 0 Å². The van der Waals surface area contributed by atoms with Crippen LogP contribution in [0, 0.1) is 11.7 Å². The first kappa shape index (κ1) is 12.0. The second-order valence-corrected chi connectivity index (χ2v) is 4.37. The van der Waals surface area contributed by atoms with Crippen LogP contribution in [0.15, 0.2) is 24.3 Å². The van der Waals surface area contributed by atoms with Gasteiger partial charge in [-0.25, -0.2) is 4.39 Å². The molecule has 92 valence electrons. The van der Waals surface area contributed by atoms with Crippen molar-refractivity contribution >= 4 is 5.97 Å². The molecule has 0 saturated carbocycles. The Kier molecular flexibility index (Phi) is 3.74. The van der Waals surface area contributed by atoms with Crippen molar-refractivity contribution < 1.29 is 13.9 Å². The Bertz CT molecular complexity index is 408. The summed E-state index contributed by atoms with van der Waals surface area (Å²) in [5, 5.41) is 3.19. The van der Waals surface area contributed by atoms with E-state index in [0.29, 0.717) is 13.0 Å². The van der Waals surface area contributed by atoms with Crippen molar-refractivity contribution in [3.8, 4) is 0 Å². The first-order chi connectivity index (χ1) is 8.20. The number of benzene rings is 1. The van der Waals surface area contributed by atoms with Gasteiger partial charge < -0.3 is 10.1 Å². The van der Waals surface area contributed by atoms with Gasteiger partial charge in [-0.15, -0.1) is 0 Å². The van der Waals surface area contributed by atoms with E-state index in [1.54, 1.807) is 6.07 Å². The van der Waals surface area contributed by atoms with E-state index in [-0.39, 0.29) is 23.6 Å². The number of rotatable bonds is 2. The lowest BCUT2D eigenvalue weighted by atomic mass is 9.85. The van der Waals surface area contributed by atoms with E-state index < -0.39 is 0 Å². The van der Waals surface area contributed by atoms with Crippen molar-refractivity contribution in [2.24, 2.45) is 5.92 Å². The van der Waals surface area contributed by atoms with Gasteiger partial charge in [0.1, 0.15) is 5.82 Å². The maximum atomic E-state index is 13.1. The lowest BCUT2D eigenvalue weighted by molar-refractivity contribution is -0.146.